The lowest BCUT2D eigenvalue weighted by Gasteiger charge is -2.22. The van der Waals surface area contributed by atoms with Crippen molar-refractivity contribution in [2.24, 2.45) is 0 Å². The molecule has 0 bridgehead atoms. The third kappa shape index (κ3) is 3.57. The highest BCUT2D eigenvalue weighted by atomic mass is 32.2. The molecule has 26 heavy (non-hydrogen) atoms. The monoisotopic (exact) mass is 381 g/mol. The summed E-state index contributed by atoms with van der Waals surface area (Å²) in [6, 6.07) is 16.2. The maximum Gasteiger partial charge on any atom is 0.237 e. The molecule has 3 aromatic rings. The molecule has 6 heteroatoms. The standard InChI is InChI=1S/C20H19N3OS2/c1-14-10-11-23(17-8-4-5-9-18(17)26-14)19(24)13-25-20-16-7-3-2-6-15(16)12-21-22-20/h2-9,12,14H,10-11,13H2,1H3. The van der Waals surface area contributed by atoms with Gasteiger partial charge in [0.05, 0.1) is 17.6 Å². The molecule has 0 radical (unpaired) electrons. The minimum absolute atomic E-state index is 0.117. The Morgan fingerprint density at radius 1 is 1.23 bits per heavy atom. The number of amides is 1. The van der Waals surface area contributed by atoms with Gasteiger partial charge in [0.25, 0.3) is 0 Å². The average molecular weight is 382 g/mol. The highest BCUT2D eigenvalue weighted by Crippen LogP contribution is 2.37. The molecule has 0 spiro atoms. The van der Waals surface area contributed by atoms with Crippen LogP contribution >= 0.6 is 23.5 Å². The summed E-state index contributed by atoms with van der Waals surface area (Å²) in [5.74, 6) is 0.475. The first-order chi connectivity index (χ1) is 12.7. The number of carbonyl (C=O) groups is 1. The van der Waals surface area contributed by atoms with Crippen molar-refractivity contribution in [2.75, 3.05) is 17.2 Å². The van der Waals surface area contributed by atoms with Crippen molar-refractivity contribution in [3.8, 4) is 0 Å². The Hall–Kier alpha value is -2.05. The molecule has 1 aliphatic rings. The van der Waals surface area contributed by atoms with Crippen LogP contribution in [0.3, 0.4) is 0 Å². The molecule has 0 saturated carbocycles. The molecule has 0 N–H and O–H groups in total. The van der Waals surface area contributed by atoms with Crippen LogP contribution in [0.5, 0.6) is 0 Å². The van der Waals surface area contributed by atoms with Crippen molar-refractivity contribution in [3.05, 3.63) is 54.7 Å². The summed E-state index contributed by atoms with van der Waals surface area (Å²) in [4.78, 5) is 16.1. The van der Waals surface area contributed by atoms with Gasteiger partial charge >= 0.3 is 0 Å². The summed E-state index contributed by atoms with van der Waals surface area (Å²) in [6.07, 6.45) is 2.74. The summed E-state index contributed by atoms with van der Waals surface area (Å²) in [5.41, 5.74) is 1.02. The van der Waals surface area contributed by atoms with Crippen molar-refractivity contribution >= 4 is 45.9 Å². The predicted molar refractivity (Wildman–Crippen MR) is 109 cm³/mol. The molecule has 0 fully saturated rings. The summed E-state index contributed by atoms with van der Waals surface area (Å²) in [7, 11) is 0. The largest absolute Gasteiger partial charge is 0.311 e. The number of benzene rings is 2. The molecule has 2 aromatic carbocycles. The van der Waals surface area contributed by atoms with Crippen LogP contribution in [0.25, 0.3) is 10.8 Å². The molecular weight excluding hydrogens is 362 g/mol. The van der Waals surface area contributed by atoms with Crippen LogP contribution in [-0.2, 0) is 4.79 Å². The fraction of sp³-hybridized carbons (Fsp3) is 0.250. The van der Waals surface area contributed by atoms with Crippen LogP contribution < -0.4 is 4.90 Å². The van der Waals surface area contributed by atoms with Gasteiger partial charge in [-0.05, 0) is 18.6 Å². The highest BCUT2D eigenvalue weighted by Gasteiger charge is 2.24. The third-order valence-electron chi connectivity index (χ3n) is 4.41. The van der Waals surface area contributed by atoms with E-state index in [1.54, 1.807) is 6.20 Å². The van der Waals surface area contributed by atoms with E-state index in [0.717, 1.165) is 34.5 Å². The summed E-state index contributed by atoms with van der Waals surface area (Å²) >= 11 is 3.31. The number of carbonyl (C=O) groups excluding carboxylic acids is 1. The summed E-state index contributed by atoms with van der Waals surface area (Å²) in [6.45, 7) is 2.97. The van der Waals surface area contributed by atoms with E-state index in [2.05, 4.69) is 23.2 Å². The van der Waals surface area contributed by atoms with Crippen molar-refractivity contribution in [1.82, 2.24) is 10.2 Å². The number of para-hydroxylation sites is 1. The molecule has 1 aromatic heterocycles. The number of hydrogen-bond donors (Lipinski definition) is 0. The van der Waals surface area contributed by atoms with Gasteiger partial charge in [-0.25, -0.2) is 0 Å². The zero-order valence-electron chi connectivity index (χ0n) is 14.5. The molecule has 132 valence electrons. The van der Waals surface area contributed by atoms with Gasteiger partial charge in [0.2, 0.25) is 5.91 Å². The van der Waals surface area contributed by atoms with E-state index in [0.29, 0.717) is 11.0 Å². The number of fused-ring (bicyclic) bond motifs is 2. The fourth-order valence-electron chi connectivity index (χ4n) is 3.06. The van der Waals surface area contributed by atoms with Gasteiger partial charge in [-0.3, -0.25) is 4.79 Å². The Morgan fingerprint density at radius 2 is 2.04 bits per heavy atom. The molecule has 1 aliphatic heterocycles. The first-order valence-electron chi connectivity index (χ1n) is 8.61. The maximum absolute atomic E-state index is 13.0. The molecule has 1 unspecified atom stereocenters. The number of anilines is 1. The fourth-order valence-corrected chi connectivity index (χ4v) is 5.04. The Bertz CT molecular complexity index is 942. The predicted octanol–water partition coefficient (Wildman–Crippen LogP) is 4.64. The van der Waals surface area contributed by atoms with Crippen LogP contribution in [0.1, 0.15) is 13.3 Å². The number of aromatic nitrogens is 2. The Labute approximate surface area is 161 Å². The van der Waals surface area contributed by atoms with Gasteiger partial charge in [0.15, 0.2) is 0 Å². The number of hydrogen-bond acceptors (Lipinski definition) is 5. The summed E-state index contributed by atoms with van der Waals surface area (Å²) in [5, 5.41) is 11.7. The van der Waals surface area contributed by atoms with E-state index < -0.39 is 0 Å². The highest BCUT2D eigenvalue weighted by molar-refractivity contribution is 8.00. The average Bonchev–Trinajstić information content (AvgIpc) is 2.84. The molecular formula is C20H19N3OS2. The Morgan fingerprint density at radius 3 is 2.96 bits per heavy atom. The van der Waals surface area contributed by atoms with E-state index >= 15 is 0 Å². The lowest BCUT2D eigenvalue weighted by Crippen LogP contribution is -2.33. The van der Waals surface area contributed by atoms with E-state index in [1.807, 2.05) is 59.1 Å². The van der Waals surface area contributed by atoms with Crippen molar-refractivity contribution in [1.29, 1.82) is 0 Å². The second-order valence-corrected chi connectivity index (χ2v) is 8.70. The molecule has 0 aliphatic carbocycles. The Balaban J connectivity index is 1.55. The molecule has 4 nitrogen and oxygen atoms in total. The van der Waals surface area contributed by atoms with E-state index in [-0.39, 0.29) is 5.91 Å². The third-order valence-corrected chi connectivity index (χ3v) is 6.62. The minimum atomic E-state index is 0.117. The van der Waals surface area contributed by atoms with E-state index in [4.69, 9.17) is 0 Å². The lowest BCUT2D eigenvalue weighted by molar-refractivity contribution is -0.116. The zero-order chi connectivity index (χ0) is 17.9. The quantitative estimate of drug-likeness (QED) is 0.619. The molecule has 0 saturated heterocycles. The zero-order valence-corrected chi connectivity index (χ0v) is 16.1. The maximum atomic E-state index is 13.0. The van der Waals surface area contributed by atoms with Crippen LogP contribution in [0, 0.1) is 0 Å². The number of thioether (sulfide) groups is 2. The van der Waals surface area contributed by atoms with E-state index in [1.165, 1.54) is 16.7 Å². The van der Waals surface area contributed by atoms with Gasteiger partial charge in [0.1, 0.15) is 5.03 Å². The van der Waals surface area contributed by atoms with Crippen LogP contribution in [0.4, 0.5) is 5.69 Å². The smallest absolute Gasteiger partial charge is 0.237 e. The van der Waals surface area contributed by atoms with Gasteiger partial charge in [-0.15, -0.1) is 16.9 Å². The lowest BCUT2D eigenvalue weighted by atomic mass is 10.2. The second-order valence-electron chi connectivity index (χ2n) is 6.26. The van der Waals surface area contributed by atoms with Gasteiger partial charge < -0.3 is 4.90 Å². The van der Waals surface area contributed by atoms with Crippen LogP contribution in [0.2, 0.25) is 0 Å². The second kappa shape index (κ2) is 7.68. The molecule has 1 amide bonds. The SMILES string of the molecule is CC1CCN(C(=O)CSc2nncc3ccccc23)c2ccccc2S1. The van der Waals surface area contributed by atoms with Gasteiger partial charge in [-0.2, -0.15) is 5.10 Å². The topological polar surface area (TPSA) is 46.1 Å². The number of rotatable bonds is 3. The first-order valence-corrected chi connectivity index (χ1v) is 10.5. The molecule has 2 heterocycles. The van der Waals surface area contributed by atoms with E-state index in [9.17, 15) is 4.79 Å². The Kier molecular flexibility index (Phi) is 5.13. The van der Waals surface area contributed by atoms with Gasteiger partial charge in [-0.1, -0.05) is 55.1 Å². The van der Waals surface area contributed by atoms with Crippen LogP contribution in [0.15, 0.2) is 64.6 Å². The normalized spacial score (nSPS) is 17.0. The number of nitrogens with zero attached hydrogens (tertiary/aromatic N) is 3. The summed E-state index contributed by atoms with van der Waals surface area (Å²) < 4.78 is 0. The van der Waals surface area contributed by atoms with Crippen molar-refractivity contribution in [3.63, 3.8) is 0 Å². The van der Waals surface area contributed by atoms with Crippen LogP contribution in [-0.4, -0.2) is 33.7 Å². The molecule has 1 atom stereocenters. The van der Waals surface area contributed by atoms with Crippen molar-refractivity contribution in [2.45, 2.75) is 28.5 Å². The van der Waals surface area contributed by atoms with Crippen molar-refractivity contribution < 1.29 is 4.79 Å². The van der Waals surface area contributed by atoms with Gasteiger partial charge in [0, 0.05) is 27.5 Å². The molecule has 4 rings (SSSR count). The minimum Gasteiger partial charge on any atom is -0.311 e. The first kappa shape index (κ1) is 17.4.